The highest BCUT2D eigenvalue weighted by molar-refractivity contribution is 7.89. The van der Waals surface area contributed by atoms with Crippen LogP contribution in [0.15, 0.2) is 53.4 Å². The summed E-state index contributed by atoms with van der Waals surface area (Å²) in [5.41, 5.74) is 3.34. The van der Waals surface area contributed by atoms with Crippen LogP contribution in [0.3, 0.4) is 0 Å². The lowest BCUT2D eigenvalue weighted by atomic mass is 9.86. The maximum atomic E-state index is 12.2. The standard InChI is InChI=1S/C21H28N2O3S/c1-15(17-8-12-19(13-9-17)27(22,25)26)23-20(24)14-7-16-5-10-18(11-6-16)21(2,3)4/h5-6,8-13,15H,7,14H2,1-4H3,(H,23,24)(H2,22,25,26). The second-order valence-corrected chi connectivity index (χ2v) is 9.41. The Morgan fingerprint density at radius 1 is 1.04 bits per heavy atom. The molecular weight excluding hydrogens is 360 g/mol. The zero-order valence-corrected chi connectivity index (χ0v) is 17.1. The number of sulfonamides is 1. The van der Waals surface area contributed by atoms with E-state index in [9.17, 15) is 13.2 Å². The fourth-order valence-electron chi connectivity index (χ4n) is 2.77. The Kier molecular flexibility index (Phi) is 6.44. The van der Waals surface area contributed by atoms with Gasteiger partial charge in [-0.3, -0.25) is 4.79 Å². The highest BCUT2D eigenvalue weighted by Crippen LogP contribution is 2.22. The SMILES string of the molecule is CC(NC(=O)CCc1ccc(C(C)(C)C)cc1)c1ccc(S(N)(=O)=O)cc1. The summed E-state index contributed by atoms with van der Waals surface area (Å²) < 4.78 is 22.6. The average Bonchev–Trinajstić information content (AvgIpc) is 2.59. The molecule has 1 unspecified atom stereocenters. The predicted octanol–water partition coefficient (Wildman–Crippen LogP) is 3.44. The molecule has 0 aromatic heterocycles. The molecule has 0 radical (unpaired) electrons. The van der Waals surface area contributed by atoms with Gasteiger partial charge in [0.25, 0.3) is 0 Å². The van der Waals surface area contributed by atoms with E-state index < -0.39 is 10.0 Å². The fourth-order valence-corrected chi connectivity index (χ4v) is 3.29. The van der Waals surface area contributed by atoms with E-state index in [4.69, 9.17) is 5.14 Å². The van der Waals surface area contributed by atoms with Gasteiger partial charge in [-0.1, -0.05) is 57.2 Å². The molecular formula is C21H28N2O3S. The molecule has 0 saturated heterocycles. The molecule has 0 aliphatic heterocycles. The number of primary sulfonamides is 1. The van der Waals surface area contributed by atoms with E-state index in [0.29, 0.717) is 12.8 Å². The third-order valence-electron chi connectivity index (χ3n) is 4.55. The van der Waals surface area contributed by atoms with Crippen LogP contribution in [0.1, 0.15) is 56.8 Å². The van der Waals surface area contributed by atoms with Crippen LogP contribution in [0.25, 0.3) is 0 Å². The largest absolute Gasteiger partial charge is 0.350 e. The topological polar surface area (TPSA) is 89.3 Å². The first-order chi connectivity index (χ1) is 12.5. The lowest BCUT2D eigenvalue weighted by Gasteiger charge is -2.19. The number of nitrogens with two attached hydrogens (primary N) is 1. The normalized spacial score (nSPS) is 13.2. The average molecular weight is 389 g/mol. The van der Waals surface area contributed by atoms with Gasteiger partial charge in [0.2, 0.25) is 15.9 Å². The van der Waals surface area contributed by atoms with Gasteiger partial charge < -0.3 is 5.32 Å². The van der Waals surface area contributed by atoms with Crippen LogP contribution < -0.4 is 10.5 Å². The van der Waals surface area contributed by atoms with Crippen LogP contribution in [0, 0.1) is 0 Å². The molecule has 146 valence electrons. The van der Waals surface area contributed by atoms with E-state index in [2.05, 4.69) is 50.4 Å². The second-order valence-electron chi connectivity index (χ2n) is 7.85. The highest BCUT2D eigenvalue weighted by atomic mass is 32.2. The van der Waals surface area contributed by atoms with Crippen LogP contribution in [0.2, 0.25) is 0 Å². The van der Waals surface area contributed by atoms with Crippen molar-refractivity contribution >= 4 is 15.9 Å². The Labute approximate surface area is 162 Å². The summed E-state index contributed by atoms with van der Waals surface area (Å²) in [6.45, 7) is 8.38. The predicted molar refractivity (Wildman–Crippen MR) is 108 cm³/mol. The Hall–Kier alpha value is -2.18. The van der Waals surface area contributed by atoms with Crippen LogP contribution in [0.5, 0.6) is 0 Å². The number of nitrogens with one attached hydrogen (secondary N) is 1. The summed E-state index contributed by atoms with van der Waals surface area (Å²) in [6, 6.07) is 14.4. The van der Waals surface area contributed by atoms with Crippen molar-refractivity contribution in [3.63, 3.8) is 0 Å². The Bertz CT molecular complexity index is 881. The smallest absolute Gasteiger partial charge is 0.238 e. The first-order valence-corrected chi connectivity index (χ1v) is 10.5. The zero-order chi connectivity index (χ0) is 20.2. The summed E-state index contributed by atoms with van der Waals surface area (Å²) in [5, 5.41) is 8.03. The van der Waals surface area contributed by atoms with Crippen molar-refractivity contribution in [3.05, 3.63) is 65.2 Å². The van der Waals surface area contributed by atoms with Crippen molar-refractivity contribution < 1.29 is 13.2 Å². The lowest BCUT2D eigenvalue weighted by molar-refractivity contribution is -0.121. The molecule has 0 saturated carbocycles. The molecule has 1 atom stereocenters. The minimum Gasteiger partial charge on any atom is -0.350 e. The summed E-state index contributed by atoms with van der Waals surface area (Å²) >= 11 is 0. The van der Waals surface area contributed by atoms with Crippen molar-refractivity contribution in [1.82, 2.24) is 5.32 Å². The fraction of sp³-hybridized carbons (Fsp3) is 0.381. The summed E-state index contributed by atoms with van der Waals surface area (Å²) in [6.07, 6.45) is 1.07. The molecule has 1 amide bonds. The number of hydrogen-bond donors (Lipinski definition) is 2. The zero-order valence-electron chi connectivity index (χ0n) is 16.3. The van der Waals surface area contributed by atoms with Gasteiger partial charge in [0.15, 0.2) is 0 Å². The third-order valence-corrected chi connectivity index (χ3v) is 5.48. The van der Waals surface area contributed by atoms with Crippen LogP contribution >= 0.6 is 0 Å². The van der Waals surface area contributed by atoms with Gasteiger partial charge in [-0.25, -0.2) is 13.6 Å². The molecule has 2 aromatic rings. The summed E-state index contributed by atoms with van der Waals surface area (Å²) in [5.74, 6) is -0.0436. The number of benzene rings is 2. The van der Waals surface area contributed by atoms with E-state index in [1.807, 2.05) is 6.92 Å². The maximum Gasteiger partial charge on any atom is 0.238 e. The van der Waals surface area contributed by atoms with E-state index in [1.165, 1.54) is 17.7 Å². The first kappa shape index (κ1) is 21.1. The van der Waals surface area contributed by atoms with Crippen molar-refractivity contribution in [3.8, 4) is 0 Å². The minimum absolute atomic E-state index is 0.0436. The minimum atomic E-state index is -3.71. The second kappa shape index (κ2) is 8.23. The summed E-state index contributed by atoms with van der Waals surface area (Å²) in [4.78, 5) is 12.3. The van der Waals surface area contributed by atoms with E-state index >= 15 is 0 Å². The number of aryl methyl sites for hydroxylation is 1. The maximum absolute atomic E-state index is 12.2. The van der Waals surface area contributed by atoms with Gasteiger partial charge in [0, 0.05) is 6.42 Å². The Balaban J connectivity index is 1.89. The first-order valence-electron chi connectivity index (χ1n) is 8.98. The Morgan fingerprint density at radius 2 is 1.59 bits per heavy atom. The molecule has 0 heterocycles. The van der Waals surface area contributed by atoms with Crippen LogP contribution in [0.4, 0.5) is 0 Å². The number of carbonyl (C=O) groups is 1. The molecule has 6 heteroatoms. The van der Waals surface area contributed by atoms with Crippen molar-refractivity contribution in [2.24, 2.45) is 5.14 Å². The molecule has 5 nitrogen and oxygen atoms in total. The summed E-state index contributed by atoms with van der Waals surface area (Å²) in [7, 11) is -3.71. The molecule has 3 N–H and O–H groups in total. The van der Waals surface area contributed by atoms with Crippen molar-refractivity contribution in [2.45, 2.75) is 56.9 Å². The van der Waals surface area contributed by atoms with Gasteiger partial charge in [0.05, 0.1) is 10.9 Å². The number of amides is 1. The van der Waals surface area contributed by atoms with Gasteiger partial charge in [-0.15, -0.1) is 0 Å². The highest BCUT2D eigenvalue weighted by Gasteiger charge is 2.14. The molecule has 2 aromatic carbocycles. The monoisotopic (exact) mass is 388 g/mol. The van der Waals surface area contributed by atoms with Gasteiger partial charge in [-0.05, 0) is 47.6 Å². The lowest BCUT2D eigenvalue weighted by Crippen LogP contribution is -2.26. The van der Waals surface area contributed by atoms with Crippen molar-refractivity contribution in [1.29, 1.82) is 0 Å². The van der Waals surface area contributed by atoms with E-state index in [-0.39, 0.29) is 22.3 Å². The quantitative estimate of drug-likeness (QED) is 0.794. The molecule has 0 aliphatic carbocycles. The van der Waals surface area contributed by atoms with Gasteiger partial charge >= 0.3 is 0 Å². The number of hydrogen-bond acceptors (Lipinski definition) is 3. The molecule has 2 rings (SSSR count). The van der Waals surface area contributed by atoms with Crippen molar-refractivity contribution in [2.75, 3.05) is 0 Å². The molecule has 0 bridgehead atoms. The van der Waals surface area contributed by atoms with E-state index in [0.717, 1.165) is 11.1 Å². The Morgan fingerprint density at radius 3 is 2.07 bits per heavy atom. The van der Waals surface area contributed by atoms with Gasteiger partial charge in [0.1, 0.15) is 0 Å². The van der Waals surface area contributed by atoms with E-state index in [1.54, 1.807) is 12.1 Å². The van der Waals surface area contributed by atoms with Crippen LogP contribution in [-0.2, 0) is 26.7 Å². The third kappa shape index (κ3) is 6.19. The molecule has 0 aliphatic rings. The molecule has 0 fully saturated rings. The number of rotatable bonds is 6. The van der Waals surface area contributed by atoms with Gasteiger partial charge in [-0.2, -0.15) is 0 Å². The van der Waals surface area contributed by atoms with Crippen LogP contribution in [-0.4, -0.2) is 14.3 Å². The number of carbonyl (C=O) groups excluding carboxylic acids is 1. The molecule has 27 heavy (non-hydrogen) atoms. The molecule has 0 spiro atoms.